The Morgan fingerprint density at radius 1 is 1.57 bits per heavy atom. The summed E-state index contributed by atoms with van der Waals surface area (Å²) in [6.07, 6.45) is -1.98. The van der Waals surface area contributed by atoms with Crippen molar-refractivity contribution in [1.29, 1.82) is 0 Å². The molecule has 1 amide bonds. The van der Waals surface area contributed by atoms with E-state index in [1.165, 1.54) is 6.20 Å². The summed E-state index contributed by atoms with van der Waals surface area (Å²) < 4.78 is 91.6. The summed E-state index contributed by atoms with van der Waals surface area (Å²) in [5, 5.41) is 2.38. The second-order valence-corrected chi connectivity index (χ2v) is 4.66. The number of H-pyrrole nitrogens is 1. The molecule has 1 aromatic heterocycles. The number of carbonyl (C=O) groups is 1. The molecule has 112 valence electrons. The van der Waals surface area contributed by atoms with Crippen LogP contribution in [0, 0.1) is 0 Å². The van der Waals surface area contributed by atoms with Crippen LogP contribution in [0.5, 0.6) is 0 Å². The first kappa shape index (κ1) is 6.01. The van der Waals surface area contributed by atoms with Crippen LogP contribution in [0.3, 0.4) is 0 Å². The summed E-state index contributed by atoms with van der Waals surface area (Å²) in [5.74, 6) is 0. The van der Waals surface area contributed by atoms with Crippen molar-refractivity contribution in [3.05, 3.63) is 35.5 Å². The number of hydrogen-bond donors (Lipinski definition) is 2. The minimum Gasteiger partial charge on any atom is -0.447 e. The van der Waals surface area contributed by atoms with Crippen LogP contribution in [-0.2, 0) is 17.5 Å². The number of ether oxygens (including phenoxy) is 1. The normalized spacial score (nSPS) is 27.8. The Morgan fingerprint density at radius 3 is 3.24 bits per heavy atom. The molecular weight excluding hydrogens is 266 g/mol. The van der Waals surface area contributed by atoms with E-state index in [1.54, 1.807) is 0 Å². The first-order valence-corrected chi connectivity index (χ1v) is 6.38. The maximum Gasteiger partial charge on any atom is 0.407 e. The highest BCUT2D eigenvalue weighted by Crippen LogP contribution is 2.21. The summed E-state index contributed by atoms with van der Waals surface area (Å²) in [6.45, 7) is -6.51. The summed E-state index contributed by atoms with van der Waals surface area (Å²) in [6, 6.07) is -2.50. The van der Waals surface area contributed by atoms with Crippen LogP contribution in [0.2, 0.25) is 0 Å². The van der Waals surface area contributed by atoms with E-state index in [9.17, 15) is 4.79 Å². The van der Waals surface area contributed by atoms with Gasteiger partial charge >= 0.3 is 6.09 Å². The van der Waals surface area contributed by atoms with E-state index < -0.39 is 56.7 Å². The Balaban J connectivity index is 2.07. The zero-order chi connectivity index (χ0) is 24.2. The zero-order valence-corrected chi connectivity index (χ0v) is 11.0. The molecule has 1 aromatic carbocycles. The average Bonchev–Trinajstić information content (AvgIpc) is 3.24. The van der Waals surface area contributed by atoms with Gasteiger partial charge in [0.2, 0.25) is 0 Å². The molecule has 0 unspecified atom stereocenters. The second kappa shape index (κ2) is 5.77. The number of rotatable bonds is 5. The number of aromatic nitrogens is 1. The standard InChI is InChI=1S/C16H21N3O2/c1-19(2)6-5-12-9-17-15-4-3-11(8-14(12)15)7-13-10-21-16(20)18-13/h3-4,8-9,13,17H,5-7,10H2,1-2H3,(H,18,20)/t13-/m0/s1/i1D3,2D3,3D,4D,7D2,8D. The number of likely N-dealkylation sites (N-methyl/N-ethyl adjacent to an activating group) is 1. The van der Waals surface area contributed by atoms with Crippen molar-refractivity contribution >= 4 is 17.0 Å². The molecule has 5 nitrogen and oxygen atoms in total. The van der Waals surface area contributed by atoms with Gasteiger partial charge in [-0.05, 0) is 50.0 Å². The van der Waals surface area contributed by atoms with Crippen LogP contribution in [0.4, 0.5) is 4.79 Å². The number of fused-ring (bicyclic) bond motifs is 1. The molecule has 5 heteroatoms. The van der Waals surface area contributed by atoms with E-state index in [2.05, 4.69) is 10.3 Å². The number of carbonyl (C=O) groups excluding carboxylic acids is 1. The first-order valence-electron chi connectivity index (χ1n) is 11.9. The smallest absolute Gasteiger partial charge is 0.407 e. The molecule has 2 aromatic rings. The molecule has 0 saturated carbocycles. The molecule has 0 aliphatic carbocycles. The summed E-state index contributed by atoms with van der Waals surface area (Å²) in [4.78, 5) is 14.5. The molecule has 1 fully saturated rings. The van der Waals surface area contributed by atoms with Crippen molar-refractivity contribution in [1.82, 2.24) is 15.2 Å². The predicted molar refractivity (Wildman–Crippen MR) is 82.5 cm³/mol. The van der Waals surface area contributed by atoms with Crippen LogP contribution < -0.4 is 5.32 Å². The van der Waals surface area contributed by atoms with E-state index in [1.807, 2.05) is 0 Å². The maximum absolute atomic E-state index is 11.4. The highest BCUT2D eigenvalue weighted by Gasteiger charge is 2.22. The van der Waals surface area contributed by atoms with Gasteiger partial charge in [-0.1, -0.05) is 6.04 Å². The molecule has 2 N–H and O–H groups in total. The summed E-state index contributed by atoms with van der Waals surface area (Å²) >= 11 is 0. The Labute approximate surface area is 139 Å². The lowest BCUT2D eigenvalue weighted by molar-refractivity contribution is 0.177. The van der Waals surface area contributed by atoms with E-state index >= 15 is 0 Å². The number of hydrogen-bond acceptors (Lipinski definition) is 3. The van der Waals surface area contributed by atoms with Crippen LogP contribution >= 0.6 is 0 Å². The molecule has 2 heterocycles. The minimum atomic E-state index is -2.89. The van der Waals surface area contributed by atoms with Crippen molar-refractivity contribution in [2.24, 2.45) is 0 Å². The molecule has 0 bridgehead atoms. The van der Waals surface area contributed by atoms with Gasteiger partial charge in [-0.3, -0.25) is 0 Å². The highest BCUT2D eigenvalue weighted by molar-refractivity contribution is 5.84. The van der Waals surface area contributed by atoms with Gasteiger partial charge in [-0.15, -0.1) is 0 Å². The van der Waals surface area contributed by atoms with Gasteiger partial charge in [0.15, 0.2) is 0 Å². The third-order valence-electron chi connectivity index (χ3n) is 3.12. The van der Waals surface area contributed by atoms with Gasteiger partial charge in [0, 0.05) is 34.6 Å². The van der Waals surface area contributed by atoms with Gasteiger partial charge in [0.25, 0.3) is 0 Å². The molecule has 21 heavy (non-hydrogen) atoms. The quantitative estimate of drug-likeness (QED) is 0.887. The number of alkyl carbamates (subject to hydrolysis) is 1. The number of nitrogens with one attached hydrogen (secondary N) is 2. The summed E-state index contributed by atoms with van der Waals surface area (Å²) in [5.41, 5.74) is -0.0357. The third-order valence-corrected chi connectivity index (χ3v) is 3.12. The fourth-order valence-corrected chi connectivity index (χ4v) is 2.12. The fourth-order valence-electron chi connectivity index (χ4n) is 2.12. The lowest BCUT2D eigenvalue weighted by Crippen LogP contribution is -2.28. The molecule has 1 aliphatic heterocycles. The number of aromatic amines is 1. The molecule has 0 spiro atoms. The lowest BCUT2D eigenvalue weighted by atomic mass is 10.0. The molecule has 0 radical (unpaired) electrons. The Morgan fingerprint density at radius 2 is 2.48 bits per heavy atom. The molecule has 1 aliphatic rings. The van der Waals surface area contributed by atoms with Crippen LogP contribution in [0.1, 0.15) is 26.2 Å². The largest absolute Gasteiger partial charge is 0.447 e. The summed E-state index contributed by atoms with van der Waals surface area (Å²) in [7, 11) is 0. The van der Waals surface area contributed by atoms with Crippen molar-refractivity contribution in [3.63, 3.8) is 0 Å². The third kappa shape index (κ3) is 3.19. The zero-order valence-electron chi connectivity index (χ0n) is 22.0. The Hall–Kier alpha value is -2.01. The molecule has 3 rings (SSSR count). The van der Waals surface area contributed by atoms with Crippen LogP contribution in [0.25, 0.3) is 10.9 Å². The van der Waals surface area contributed by atoms with Gasteiger partial charge in [0.1, 0.15) is 6.61 Å². The van der Waals surface area contributed by atoms with Crippen LogP contribution in [-0.4, -0.2) is 49.1 Å². The van der Waals surface area contributed by atoms with E-state index in [0.29, 0.717) is 10.5 Å². The van der Waals surface area contributed by atoms with Crippen LogP contribution in [0.15, 0.2) is 24.3 Å². The minimum absolute atomic E-state index is 0.0792. The fraction of sp³-hybridized carbons (Fsp3) is 0.438. The van der Waals surface area contributed by atoms with Gasteiger partial charge in [0.05, 0.1) is 10.2 Å². The van der Waals surface area contributed by atoms with Crippen molar-refractivity contribution in [2.75, 3.05) is 27.1 Å². The van der Waals surface area contributed by atoms with Gasteiger partial charge in [-0.25, -0.2) is 4.79 Å². The molecule has 1 atom stereocenters. The molecule has 1 saturated heterocycles. The van der Waals surface area contributed by atoms with E-state index in [-0.39, 0.29) is 30.0 Å². The average molecular weight is 298 g/mol. The topological polar surface area (TPSA) is 57.4 Å². The van der Waals surface area contributed by atoms with E-state index in [0.717, 1.165) is 0 Å². The number of nitrogens with zero attached hydrogens (tertiary/aromatic N) is 1. The second-order valence-electron chi connectivity index (χ2n) is 4.66. The van der Waals surface area contributed by atoms with Crippen molar-refractivity contribution in [2.45, 2.75) is 18.8 Å². The van der Waals surface area contributed by atoms with E-state index in [4.69, 9.17) is 19.8 Å². The number of benzene rings is 1. The van der Waals surface area contributed by atoms with Crippen molar-refractivity contribution < 1.29 is 24.6 Å². The Kier molecular flexibility index (Phi) is 1.65. The van der Waals surface area contributed by atoms with Gasteiger partial charge in [-0.2, -0.15) is 0 Å². The Bertz CT molecular complexity index is 1030. The predicted octanol–water partition coefficient (Wildman–Crippen LogP) is 1.92. The SMILES string of the molecule is [2H]c1c(C([2H])([2H])[C@H]2COC(=O)N2)c([2H])c2c(CCN(C([2H])([2H])[2H])C([2H])([2H])[2H])c[nH]c2c1[2H]. The lowest BCUT2D eigenvalue weighted by Gasteiger charge is -2.09. The number of cyclic esters (lactones) is 1. The highest BCUT2D eigenvalue weighted by atomic mass is 16.6. The number of amides is 1. The molecular formula is C16H21N3O2. The maximum atomic E-state index is 11.4. The monoisotopic (exact) mass is 298 g/mol. The van der Waals surface area contributed by atoms with Gasteiger partial charge < -0.3 is 19.9 Å². The van der Waals surface area contributed by atoms with Crippen molar-refractivity contribution in [3.8, 4) is 0 Å². The first-order chi connectivity index (χ1) is 14.6.